The average molecular weight is 292 g/mol. The van der Waals surface area contributed by atoms with Crippen LogP contribution in [-0.2, 0) is 13.1 Å². The average Bonchev–Trinajstić information content (AvgIpc) is 2.70. The topological polar surface area (TPSA) is 28.4 Å². The Morgan fingerprint density at radius 3 is 2.67 bits per heavy atom. The van der Waals surface area contributed by atoms with E-state index in [4.69, 9.17) is 4.42 Å². The first-order valence-electron chi connectivity index (χ1n) is 8.32. The summed E-state index contributed by atoms with van der Waals surface area (Å²) in [5.74, 6) is 3.00. The second-order valence-corrected chi connectivity index (χ2v) is 7.85. The summed E-state index contributed by atoms with van der Waals surface area (Å²) in [5.41, 5.74) is 1.47. The minimum absolute atomic E-state index is 0.123. The highest BCUT2D eigenvalue weighted by Gasteiger charge is 2.24. The lowest BCUT2D eigenvalue weighted by atomic mass is 9.93. The van der Waals surface area contributed by atoms with E-state index in [1.165, 1.54) is 24.9 Å². The van der Waals surface area contributed by atoms with Crippen LogP contribution in [-0.4, -0.2) is 23.0 Å². The van der Waals surface area contributed by atoms with Gasteiger partial charge in [0.2, 0.25) is 0 Å². The molecular formula is C18H32N2O. The van der Waals surface area contributed by atoms with E-state index >= 15 is 0 Å². The minimum atomic E-state index is 0.123. The van der Waals surface area contributed by atoms with Crippen LogP contribution >= 0.6 is 0 Å². The van der Waals surface area contributed by atoms with E-state index in [1.54, 1.807) is 0 Å². The number of nitrogens with zero attached hydrogens (tertiary/aromatic N) is 1. The molecule has 1 aromatic heterocycles. The van der Waals surface area contributed by atoms with Crippen molar-refractivity contribution in [2.45, 2.75) is 79.1 Å². The Morgan fingerprint density at radius 1 is 1.33 bits per heavy atom. The van der Waals surface area contributed by atoms with Crippen LogP contribution in [0.3, 0.4) is 0 Å². The van der Waals surface area contributed by atoms with Crippen molar-refractivity contribution in [2.24, 2.45) is 5.92 Å². The largest absolute Gasteiger partial charge is 0.465 e. The third-order valence-electron chi connectivity index (χ3n) is 4.51. The van der Waals surface area contributed by atoms with Gasteiger partial charge in [0, 0.05) is 23.7 Å². The Hall–Kier alpha value is -0.800. The molecule has 1 aliphatic rings. The molecule has 2 rings (SSSR count). The molecule has 0 amide bonds. The highest BCUT2D eigenvalue weighted by atomic mass is 16.3. The van der Waals surface area contributed by atoms with E-state index in [1.807, 2.05) is 0 Å². The zero-order valence-electron chi connectivity index (χ0n) is 14.6. The van der Waals surface area contributed by atoms with Crippen LogP contribution in [0.15, 0.2) is 10.5 Å². The van der Waals surface area contributed by atoms with E-state index in [0.29, 0.717) is 6.04 Å². The third-order valence-corrected chi connectivity index (χ3v) is 4.51. The van der Waals surface area contributed by atoms with Crippen molar-refractivity contribution >= 4 is 0 Å². The maximum Gasteiger partial charge on any atom is 0.118 e. The molecule has 120 valence electrons. The maximum atomic E-state index is 5.92. The molecule has 2 unspecified atom stereocenters. The molecule has 0 saturated carbocycles. The summed E-state index contributed by atoms with van der Waals surface area (Å²) in [7, 11) is 0. The van der Waals surface area contributed by atoms with Gasteiger partial charge in [0.1, 0.15) is 11.5 Å². The molecule has 1 fully saturated rings. The molecule has 2 atom stereocenters. The summed E-state index contributed by atoms with van der Waals surface area (Å²) in [5, 5.41) is 3.49. The first-order chi connectivity index (χ1) is 9.74. The van der Waals surface area contributed by atoms with Gasteiger partial charge in [0.25, 0.3) is 0 Å². The smallest absolute Gasteiger partial charge is 0.118 e. The molecule has 0 aromatic carbocycles. The standard InChI is InChI=1S/C18H32N2O/c1-13-7-8-20(14(2)9-13)12-16-10-17(21-15(16)3)11-19-18(4,5)6/h10,13-14,19H,7-9,11-12H2,1-6H3. The summed E-state index contributed by atoms with van der Waals surface area (Å²) in [6.45, 7) is 16.4. The molecule has 0 bridgehead atoms. The van der Waals surface area contributed by atoms with Crippen LogP contribution in [0.1, 0.15) is 64.5 Å². The van der Waals surface area contributed by atoms with Gasteiger partial charge in [-0.1, -0.05) is 6.92 Å². The van der Waals surface area contributed by atoms with Gasteiger partial charge in [-0.25, -0.2) is 0 Å². The minimum Gasteiger partial charge on any atom is -0.465 e. The Balaban J connectivity index is 1.96. The molecule has 0 radical (unpaired) electrons. The number of nitrogens with one attached hydrogen (secondary N) is 1. The maximum absolute atomic E-state index is 5.92. The first kappa shape index (κ1) is 16.6. The van der Waals surface area contributed by atoms with E-state index in [2.05, 4.69) is 57.8 Å². The summed E-state index contributed by atoms with van der Waals surface area (Å²) in [6.07, 6.45) is 2.63. The van der Waals surface area contributed by atoms with Crippen molar-refractivity contribution in [1.29, 1.82) is 0 Å². The van der Waals surface area contributed by atoms with Crippen LogP contribution < -0.4 is 5.32 Å². The molecule has 3 heteroatoms. The molecule has 21 heavy (non-hydrogen) atoms. The summed E-state index contributed by atoms with van der Waals surface area (Å²) in [4.78, 5) is 2.60. The Morgan fingerprint density at radius 2 is 2.05 bits per heavy atom. The summed E-state index contributed by atoms with van der Waals surface area (Å²) < 4.78 is 5.92. The van der Waals surface area contributed by atoms with Crippen molar-refractivity contribution in [3.63, 3.8) is 0 Å². The Bertz CT molecular complexity index is 458. The predicted octanol–water partition coefficient (Wildman–Crippen LogP) is 4.10. The van der Waals surface area contributed by atoms with E-state index in [9.17, 15) is 0 Å². The summed E-state index contributed by atoms with van der Waals surface area (Å²) in [6, 6.07) is 2.91. The zero-order chi connectivity index (χ0) is 15.6. The molecule has 1 aromatic rings. The van der Waals surface area contributed by atoms with Gasteiger partial charge >= 0.3 is 0 Å². The fourth-order valence-corrected chi connectivity index (χ4v) is 3.09. The number of furan rings is 1. The molecular weight excluding hydrogens is 260 g/mol. The van der Waals surface area contributed by atoms with Crippen molar-refractivity contribution in [2.75, 3.05) is 6.54 Å². The summed E-state index contributed by atoms with van der Waals surface area (Å²) >= 11 is 0. The van der Waals surface area contributed by atoms with Crippen LogP contribution in [0.2, 0.25) is 0 Å². The normalized spacial score (nSPS) is 24.5. The molecule has 2 heterocycles. The second kappa shape index (κ2) is 6.53. The number of aryl methyl sites for hydroxylation is 1. The number of hydrogen-bond acceptors (Lipinski definition) is 3. The third kappa shape index (κ3) is 4.86. The lowest BCUT2D eigenvalue weighted by Gasteiger charge is -2.36. The highest BCUT2D eigenvalue weighted by Crippen LogP contribution is 2.25. The fourth-order valence-electron chi connectivity index (χ4n) is 3.09. The van der Waals surface area contributed by atoms with E-state index in [0.717, 1.165) is 30.5 Å². The number of hydrogen-bond donors (Lipinski definition) is 1. The lowest BCUT2D eigenvalue weighted by molar-refractivity contribution is 0.121. The monoisotopic (exact) mass is 292 g/mol. The van der Waals surface area contributed by atoms with Gasteiger partial charge < -0.3 is 9.73 Å². The van der Waals surface area contributed by atoms with Crippen molar-refractivity contribution in [3.05, 3.63) is 23.2 Å². The van der Waals surface area contributed by atoms with Crippen LogP contribution in [0.25, 0.3) is 0 Å². The van der Waals surface area contributed by atoms with Crippen molar-refractivity contribution < 1.29 is 4.42 Å². The molecule has 0 spiro atoms. The van der Waals surface area contributed by atoms with Crippen LogP contribution in [0.5, 0.6) is 0 Å². The Labute approximate surface area is 130 Å². The van der Waals surface area contributed by atoms with Gasteiger partial charge in [0.05, 0.1) is 6.54 Å². The molecule has 1 N–H and O–H groups in total. The fraction of sp³-hybridized carbons (Fsp3) is 0.778. The van der Waals surface area contributed by atoms with Crippen LogP contribution in [0.4, 0.5) is 0 Å². The van der Waals surface area contributed by atoms with Crippen LogP contribution in [0, 0.1) is 12.8 Å². The van der Waals surface area contributed by atoms with E-state index in [-0.39, 0.29) is 5.54 Å². The first-order valence-corrected chi connectivity index (χ1v) is 8.32. The number of likely N-dealkylation sites (tertiary alicyclic amines) is 1. The zero-order valence-corrected chi connectivity index (χ0v) is 14.6. The van der Waals surface area contributed by atoms with Crippen molar-refractivity contribution in [1.82, 2.24) is 10.2 Å². The molecule has 3 nitrogen and oxygen atoms in total. The SMILES string of the molecule is Cc1oc(CNC(C)(C)C)cc1CN1CCC(C)CC1C. The van der Waals surface area contributed by atoms with Gasteiger partial charge in [0.15, 0.2) is 0 Å². The predicted molar refractivity (Wildman–Crippen MR) is 88.3 cm³/mol. The lowest BCUT2D eigenvalue weighted by Crippen LogP contribution is -2.39. The highest BCUT2D eigenvalue weighted by molar-refractivity contribution is 5.21. The second-order valence-electron chi connectivity index (χ2n) is 7.85. The molecule has 1 saturated heterocycles. The molecule has 1 aliphatic heterocycles. The van der Waals surface area contributed by atoms with E-state index < -0.39 is 0 Å². The number of piperidine rings is 1. The quantitative estimate of drug-likeness (QED) is 0.906. The number of rotatable bonds is 4. The van der Waals surface area contributed by atoms with Gasteiger partial charge in [-0.15, -0.1) is 0 Å². The van der Waals surface area contributed by atoms with Gasteiger partial charge in [-0.05, 0) is 66.0 Å². The van der Waals surface area contributed by atoms with Crippen molar-refractivity contribution in [3.8, 4) is 0 Å². The van der Waals surface area contributed by atoms with Gasteiger partial charge in [-0.2, -0.15) is 0 Å². The molecule has 0 aliphatic carbocycles. The van der Waals surface area contributed by atoms with Gasteiger partial charge in [-0.3, -0.25) is 4.90 Å². The Kier molecular flexibility index (Phi) is 5.15.